The Hall–Kier alpha value is -2.38. The van der Waals surface area contributed by atoms with E-state index in [0.717, 1.165) is 22.3 Å². The van der Waals surface area contributed by atoms with Crippen LogP contribution < -0.4 is 5.56 Å². The van der Waals surface area contributed by atoms with E-state index in [1.807, 2.05) is 32.0 Å². The zero-order valence-corrected chi connectivity index (χ0v) is 14.2. The molecule has 0 aliphatic rings. The predicted molar refractivity (Wildman–Crippen MR) is 97.3 cm³/mol. The lowest BCUT2D eigenvalue weighted by Crippen LogP contribution is -2.09. The summed E-state index contributed by atoms with van der Waals surface area (Å²) in [6.07, 6.45) is 5.12. The molecule has 2 aromatic rings. The van der Waals surface area contributed by atoms with Gasteiger partial charge in [-0.2, -0.15) is 5.10 Å². The fraction of sp³-hybridized carbons (Fsp3) is 0.111. The first-order valence-corrected chi connectivity index (χ1v) is 7.34. The zero-order chi connectivity index (χ0) is 16.5. The minimum Gasteiger partial charge on any atom is -0.267 e. The highest BCUT2D eigenvalue weighted by molar-refractivity contribution is 9.10. The first-order chi connectivity index (χ1) is 10.6. The zero-order valence-electron chi connectivity index (χ0n) is 12.6. The molecule has 1 N–H and O–H groups in total. The number of rotatable bonds is 3. The monoisotopic (exact) mass is 356 g/mol. The maximum absolute atomic E-state index is 11.6. The maximum Gasteiger partial charge on any atom is 0.279 e. The van der Waals surface area contributed by atoms with E-state index in [-0.39, 0.29) is 5.56 Å². The molecule has 0 amide bonds. The Morgan fingerprint density at radius 1 is 1.18 bits per heavy atom. The van der Waals surface area contributed by atoms with Crippen molar-refractivity contribution in [3.63, 3.8) is 0 Å². The molecule has 0 aliphatic carbocycles. The van der Waals surface area contributed by atoms with Crippen molar-refractivity contribution in [1.82, 2.24) is 10.2 Å². The fourth-order valence-electron chi connectivity index (χ4n) is 1.80. The second kappa shape index (κ2) is 8.81. The van der Waals surface area contributed by atoms with Gasteiger partial charge < -0.3 is 0 Å². The molecule has 1 aromatic heterocycles. The summed E-state index contributed by atoms with van der Waals surface area (Å²) in [5.74, 6) is 5.36. The molecule has 0 spiro atoms. The molecule has 2 rings (SSSR count). The van der Waals surface area contributed by atoms with Gasteiger partial charge >= 0.3 is 0 Å². The van der Waals surface area contributed by atoms with Crippen LogP contribution in [-0.2, 0) is 0 Å². The summed E-state index contributed by atoms with van der Waals surface area (Å²) in [4.78, 5) is 11.6. The molecular weight excluding hydrogens is 340 g/mol. The maximum atomic E-state index is 11.6. The molecule has 0 unspecified atom stereocenters. The number of benzene rings is 1. The highest BCUT2D eigenvalue weighted by Gasteiger charge is 2.11. The van der Waals surface area contributed by atoms with Crippen LogP contribution in [-0.4, -0.2) is 10.2 Å². The molecule has 0 saturated heterocycles. The summed E-state index contributed by atoms with van der Waals surface area (Å²) in [5, 5.41) is 6.20. The van der Waals surface area contributed by atoms with Gasteiger partial charge in [-0.05, 0) is 46.5 Å². The van der Waals surface area contributed by atoms with E-state index in [1.165, 1.54) is 0 Å². The summed E-state index contributed by atoms with van der Waals surface area (Å²) < 4.78 is 0.460. The average molecular weight is 357 g/mol. The van der Waals surface area contributed by atoms with Crippen LogP contribution in [0.3, 0.4) is 0 Å². The average Bonchev–Trinajstić information content (AvgIpc) is 2.56. The van der Waals surface area contributed by atoms with Crippen LogP contribution in [0.4, 0.5) is 0 Å². The first kappa shape index (κ1) is 17.7. The Labute approximate surface area is 138 Å². The minimum absolute atomic E-state index is 0.258. The largest absolute Gasteiger partial charge is 0.279 e. The normalized spacial score (nSPS) is 8.86. The van der Waals surface area contributed by atoms with E-state index in [2.05, 4.69) is 51.1 Å². The smallest absolute Gasteiger partial charge is 0.267 e. The van der Waals surface area contributed by atoms with Crippen molar-refractivity contribution in [3.05, 3.63) is 63.5 Å². The Bertz CT molecular complexity index is 789. The van der Waals surface area contributed by atoms with Gasteiger partial charge in [0.25, 0.3) is 5.56 Å². The van der Waals surface area contributed by atoms with E-state index >= 15 is 0 Å². The number of hydrogen-bond donors (Lipinski definition) is 1. The number of H-pyrrole nitrogens is 1. The number of aromatic amines is 1. The van der Waals surface area contributed by atoms with E-state index in [4.69, 9.17) is 0 Å². The second-order valence-corrected chi connectivity index (χ2v) is 4.94. The number of aromatic nitrogens is 2. The Morgan fingerprint density at radius 3 is 2.41 bits per heavy atom. The van der Waals surface area contributed by atoms with E-state index in [0.29, 0.717) is 4.47 Å². The van der Waals surface area contributed by atoms with Gasteiger partial charge in [-0.3, -0.25) is 4.79 Å². The van der Waals surface area contributed by atoms with Crippen LogP contribution in [0.2, 0.25) is 0 Å². The molecule has 112 valence electrons. The van der Waals surface area contributed by atoms with Gasteiger partial charge in [0.1, 0.15) is 0 Å². The molecule has 0 aliphatic heterocycles. The van der Waals surface area contributed by atoms with Crippen molar-refractivity contribution in [3.8, 4) is 23.0 Å². The third-order valence-corrected chi connectivity index (χ3v) is 3.69. The molecule has 0 saturated carbocycles. The molecular formula is C18H17BrN2O. The van der Waals surface area contributed by atoms with Crippen LogP contribution in [0.25, 0.3) is 23.3 Å². The molecule has 0 atom stereocenters. The van der Waals surface area contributed by atoms with Crippen molar-refractivity contribution in [2.24, 2.45) is 0 Å². The van der Waals surface area contributed by atoms with Crippen LogP contribution in [0.15, 0.2) is 46.8 Å². The molecule has 1 aromatic carbocycles. The summed E-state index contributed by atoms with van der Waals surface area (Å²) in [6.45, 7) is 11.2. The summed E-state index contributed by atoms with van der Waals surface area (Å²) in [5.41, 5.74) is 3.27. The van der Waals surface area contributed by atoms with E-state index in [1.54, 1.807) is 18.3 Å². The summed E-state index contributed by atoms with van der Waals surface area (Å²) in [6, 6.07) is 5.78. The topological polar surface area (TPSA) is 45.8 Å². The lowest BCUT2D eigenvalue weighted by molar-refractivity contribution is 0.981. The van der Waals surface area contributed by atoms with Crippen molar-refractivity contribution < 1.29 is 0 Å². The van der Waals surface area contributed by atoms with Crippen LogP contribution in [0.1, 0.15) is 25.0 Å². The minimum atomic E-state index is -0.258. The van der Waals surface area contributed by atoms with Crippen molar-refractivity contribution >= 4 is 28.1 Å². The van der Waals surface area contributed by atoms with Crippen molar-refractivity contribution in [2.45, 2.75) is 13.8 Å². The molecule has 0 bridgehead atoms. The Kier molecular flexibility index (Phi) is 7.07. The molecule has 4 heteroatoms. The van der Waals surface area contributed by atoms with Crippen LogP contribution in [0, 0.1) is 11.8 Å². The predicted octanol–water partition coefficient (Wildman–Crippen LogP) is 4.52. The van der Waals surface area contributed by atoms with E-state index in [9.17, 15) is 4.79 Å². The van der Waals surface area contributed by atoms with Gasteiger partial charge in [-0.15, -0.1) is 11.8 Å². The first-order valence-electron chi connectivity index (χ1n) is 6.55. The molecule has 22 heavy (non-hydrogen) atoms. The molecule has 1 heterocycles. The van der Waals surface area contributed by atoms with Crippen molar-refractivity contribution in [1.29, 1.82) is 0 Å². The number of hydrogen-bond acceptors (Lipinski definition) is 2. The third kappa shape index (κ3) is 4.06. The van der Waals surface area contributed by atoms with Gasteiger partial charge in [0.15, 0.2) is 0 Å². The lowest BCUT2D eigenvalue weighted by Gasteiger charge is -2.10. The highest BCUT2D eigenvalue weighted by Crippen LogP contribution is 2.30. The standard InChI is InChI=1S/C14H11BrN2O.C4H6/c1-3-9-6-5-7-11(10(9)4-2)12-8-16-17-14(18)13(12)15;1-3-4-2/h3-8H,1-2H2,(H,17,18);1-2H3. The number of nitrogens with one attached hydrogen (secondary N) is 1. The molecule has 0 fully saturated rings. The summed E-state index contributed by atoms with van der Waals surface area (Å²) in [7, 11) is 0. The highest BCUT2D eigenvalue weighted by atomic mass is 79.9. The fourth-order valence-corrected chi connectivity index (χ4v) is 2.20. The lowest BCUT2D eigenvalue weighted by atomic mass is 9.96. The number of nitrogens with zero attached hydrogens (tertiary/aromatic N) is 1. The third-order valence-electron chi connectivity index (χ3n) is 2.90. The summed E-state index contributed by atoms with van der Waals surface area (Å²) >= 11 is 3.28. The van der Waals surface area contributed by atoms with Crippen molar-refractivity contribution in [2.75, 3.05) is 0 Å². The molecule has 0 radical (unpaired) electrons. The van der Waals surface area contributed by atoms with Crippen LogP contribution >= 0.6 is 15.9 Å². The number of halogens is 1. The SMILES string of the molecule is C=Cc1cccc(-c2cn[nH]c(=O)c2Br)c1C=C.CC#CC. The van der Waals surface area contributed by atoms with Gasteiger partial charge in [-0.1, -0.05) is 43.5 Å². The Morgan fingerprint density at radius 2 is 1.86 bits per heavy atom. The van der Waals surface area contributed by atoms with Crippen LogP contribution in [0.5, 0.6) is 0 Å². The molecule has 3 nitrogen and oxygen atoms in total. The van der Waals surface area contributed by atoms with Gasteiger partial charge in [-0.25, -0.2) is 5.10 Å². The van der Waals surface area contributed by atoms with Gasteiger partial charge in [0, 0.05) is 5.56 Å². The quantitative estimate of drug-likeness (QED) is 0.822. The second-order valence-electron chi connectivity index (χ2n) is 4.14. The van der Waals surface area contributed by atoms with E-state index < -0.39 is 0 Å². The Balaban J connectivity index is 0.000000541. The van der Waals surface area contributed by atoms with Gasteiger partial charge in [0.05, 0.1) is 10.7 Å². The van der Waals surface area contributed by atoms with Gasteiger partial charge in [0.2, 0.25) is 0 Å².